The monoisotopic (exact) mass is 170 g/mol. The van der Waals surface area contributed by atoms with Gasteiger partial charge in [-0.2, -0.15) is 0 Å². The lowest BCUT2D eigenvalue weighted by Gasteiger charge is -2.26. The number of carbonyl (C=O) groups is 1. The summed E-state index contributed by atoms with van der Waals surface area (Å²) in [4.78, 5) is 11.3. The third-order valence-corrected chi connectivity index (χ3v) is 2.14. The van der Waals surface area contributed by atoms with Crippen molar-refractivity contribution >= 4 is 5.78 Å². The summed E-state index contributed by atoms with van der Waals surface area (Å²) < 4.78 is 10.1. The van der Waals surface area contributed by atoms with E-state index in [1.54, 1.807) is 0 Å². The molecule has 66 valence electrons. The van der Waals surface area contributed by atoms with Crippen molar-refractivity contribution in [2.45, 2.75) is 18.9 Å². The Morgan fingerprint density at radius 2 is 2.33 bits per heavy atom. The molecule has 12 heavy (non-hydrogen) atoms. The lowest BCUT2D eigenvalue weighted by atomic mass is 9.94. The van der Waals surface area contributed by atoms with Crippen LogP contribution in [0.5, 0.6) is 0 Å². The van der Waals surface area contributed by atoms with Crippen molar-refractivity contribution < 1.29 is 19.4 Å². The van der Waals surface area contributed by atoms with Crippen molar-refractivity contribution in [3.63, 3.8) is 0 Å². The first-order valence-corrected chi connectivity index (χ1v) is 3.94. The SMILES string of the molecule is O=C1C2=C(CCC1O)OCOC2. The van der Waals surface area contributed by atoms with Gasteiger partial charge in [0, 0.05) is 6.42 Å². The van der Waals surface area contributed by atoms with Gasteiger partial charge in [-0.05, 0) is 6.42 Å². The highest BCUT2D eigenvalue weighted by Gasteiger charge is 2.30. The number of aliphatic hydroxyl groups excluding tert-OH is 1. The number of ether oxygens (including phenoxy) is 2. The van der Waals surface area contributed by atoms with Crippen molar-refractivity contribution in [3.05, 3.63) is 11.3 Å². The van der Waals surface area contributed by atoms with Crippen molar-refractivity contribution in [2.24, 2.45) is 0 Å². The first-order valence-electron chi connectivity index (χ1n) is 3.94. The van der Waals surface area contributed by atoms with Crippen LogP contribution in [0.3, 0.4) is 0 Å². The molecule has 0 saturated heterocycles. The fourth-order valence-corrected chi connectivity index (χ4v) is 1.46. The van der Waals surface area contributed by atoms with E-state index < -0.39 is 6.10 Å². The van der Waals surface area contributed by atoms with Gasteiger partial charge in [0.1, 0.15) is 11.9 Å². The number of ketones is 1. The van der Waals surface area contributed by atoms with E-state index in [0.29, 0.717) is 24.2 Å². The summed E-state index contributed by atoms with van der Waals surface area (Å²) in [5, 5.41) is 9.22. The normalized spacial score (nSPS) is 29.8. The first kappa shape index (κ1) is 7.76. The summed E-state index contributed by atoms with van der Waals surface area (Å²) in [6.07, 6.45) is 0.262. The van der Waals surface area contributed by atoms with Crippen molar-refractivity contribution in [3.8, 4) is 0 Å². The van der Waals surface area contributed by atoms with Crippen LogP contribution < -0.4 is 0 Å². The Bertz CT molecular complexity index is 243. The zero-order chi connectivity index (χ0) is 8.55. The molecule has 0 radical (unpaired) electrons. The number of carbonyl (C=O) groups excluding carboxylic acids is 1. The van der Waals surface area contributed by atoms with Crippen molar-refractivity contribution in [2.75, 3.05) is 13.4 Å². The molecule has 0 fully saturated rings. The fraction of sp³-hybridized carbons (Fsp3) is 0.625. The molecule has 4 nitrogen and oxygen atoms in total. The Kier molecular flexibility index (Phi) is 1.86. The second-order valence-electron chi connectivity index (χ2n) is 2.93. The summed E-state index contributed by atoms with van der Waals surface area (Å²) in [6, 6.07) is 0. The molecule has 0 aromatic carbocycles. The predicted molar refractivity (Wildman–Crippen MR) is 39.2 cm³/mol. The van der Waals surface area contributed by atoms with E-state index in [-0.39, 0.29) is 19.2 Å². The molecule has 0 spiro atoms. The summed E-state index contributed by atoms with van der Waals surface area (Å²) >= 11 is 0. The molecule has 0 bridgehead atoms. The molecule has 0 saturated carbocycles. The Morgan fingerprint density at radius 1 is 1.50 bits per heavy atom. The molecule has 1 N–H and O–H groups in total. The van der Waals surface area contributed by atoms with Crippen LogP contribution in [-0.2, 0) is 14.3 Å². The molecular weight excluding hydrogens is 160 g/mol. The van der Waals surface area contributed by atoms with Gasteiger partial charge in [0.2, 0.25) is 0 Å². The molecule has 0 amide bonds. The lowest BCUT2D eigenvalue weighted by molar-refractivity contribution is -0.129. The van der Waals surface area contributed by atoms with Crippen LogP contribution in [0.25, 0.3) is 0 Å². The highest BCUT2D eigenvalue weighted by atomic mass is 16.7. The van der Waals surface area contributed by atoms with Crippen LogP contribution in [0.15, 0.2) is 11.3 Å². The topological polar surface area (TPSA) is 55.8 Å². The number of hydrogen-bond acceptors (Lipinski definition) is 4. The minimum absolute atomic E-state index is 0.224. The van der Waals surface area contributed by atoms with Gasteiger partial charge in [-0.25, -0.2) is 0 Å². The molecule has 4 heteroatoms. The quantitative estimate of drug-likeness (QED) is 0.554. The maximum Gasteiger partial charge on any atom is 0.192 e. The Hall–Kier alpha value is -0.870. The summed E-state index contributed by atoms with van der Waals surface area (Å²) in [6.45, 7) is 0.507. The van der Waals surface area contributed by atoms with Crippen LogP contribution in [0.1, 0.15) is 12.8 Å². The van der Waals surface area contributed by atoms with Crippen LogP contribution in [0.4, 0.5) is 0 Å². The summed E-state index contributed by atoms with van der Waals surface area (Å²) in [5.74, 6) is 0.465. The van der Waals surface area contributed by atoms with Gasteiger partial charge in [0.05, 0.1) is 12.2 Å². The van der Waals surface area contributed by atoms with Gasteiger partial charge in [0.25, 0.3) is 0 Å². The molecule has 1 heterocycles. The van der Waals surface area contributed by atoms with Crippen LogP contribution in [0, 0.1) is 0 Å². The van der Waals surface area contributed by atoms with E-state index >= 15 is 0 Å². The summed E-state index contributed by atoms with van der Waals surface area (Å²) in [7, 11) is 0. The lowest BCUT2D eigenvalue weighted by Crippen LogP contribution is -2.32. The molecule has 0 aromatic heterocycles. The van der Waals surface area contributed by atoms with Gasteiger partial charge in [-0.3, -0.25) is 4.79 Å². The maximum absolute atomic E-state index is 11.3. The molecule has 1 atom stereocenters. The van der Waals surface area contributed by atoms with Gasteiger partial charge in [0.15, 0.2) is 12.6 Å². The molecule has 1 unspecified atom stereocenters. The van der Waals surface area contributed by atoms with E-state index in [1.165, 1.54) is 0 Å². The second kappa shape index (κ2) is 2.88. The van der Waals surface area contributed by atoms with Crippen LogP contribution in [0.2, 0.25) is 0 Å². The van der Waals surface area contributed by atoms with Crippen LogP contribution in [-0.4, -0.2) is 30.4 Å². The zero-order valence-corrected chi connectivity index (χ0v) is 6.58. The van der Waals surface area contributed by atoms with Gasteiger partial charge < -0.3 is 14.6 Å². The minimum Gasteiger partial charge on any atom is -0.471 e. The number of allylic oxidation sites excluding steroid dienone is 1. The largest absolute Gasteiger partial charge is 0.471 e. The van der Waals surface area contributed by atoms with Gasteiger partial charge in [-0.15, -0.1) is 0 Å². The third kappa shape index (κ3) is 1.13. The Labute approximate surface area is 69.8 Å². The number of hydrogen-bond donors (Lipinski definition) is 1. The van der Waals surface area contributed by atoms with Gasteiger partial charge in [-0.1, -0.05) is 0 Å². The molecule has 1 aliphatic carbocycles. The second-order valence-corrected chi connectivity index (χ2v) is 2.93. The average Bonchev–Trinajstić information content (AvgIpc) is 2.12. The highest BCUT2D eigenvalue weighted by Crippen LogP contribution is 2.25. The van der Waals surface area contributed by atoms with Crippen molar-refractivity contribution in [1.82, 2.24) is 0 Å². The molecular formula is C8H10O4. The van der Waals surface area contributed by atoms with Crippen LogP contribution >= 0.6 is 0 Å². The fourth-order valence-electron chi connectivity index (χ4n) is 1.46. The third-order valence-electron chi connectivity index (χ3n) is 2.14. The van der Waals surface area contributed by atoms with E-state index in [4.69, 9.17) is 9.47 Å². The molecule has 0 aromatic rings. The van der Waals surface area contributed by atoms with E-state index in [0.717, 1.165) is 0 Å². The zero-order valence-electron chi connectivity index (χ0n) is 6.58. The minimum atomic E-state index is -0.853. The number of rotatable bonds is 0. The number of Topliss-reactive ketones (excluding diaryl/α,β-unsaturated/α-hetero) is 1. The van der Waals surface area contributed by atoms with Crippen molar-refractivity contribution in [1.29, 1.82) is 0 Å². The molecule has 1 aliphatic heterocycles. The standard InChI is InChI=1S/C8H10O4/c9-6-1-2-7-5(8(6)10)3-11-4-12-7/h6,9H,1-4H2. The average molecular weight is 170 g/mol. The number of aliphatic hydroxyl groups is 1. The Morgan fingerprint density at radius 3 is 3.17 bits per heavy atom. The van der Waals surface area contributed by atoms with E-state index in [9.17, 15) is 9.90 Å². The van der Waals surface area contributed by atoms with Gasteiger partial charge >= 0.3 is 0 Å². The smallest absolute Gasteiger partial charge is 0.192 e. The Balaban J connectivity index is 2.28. The first-order chi connectivity index (χ1) is 5.79. The van der Waals surface area contributed by atoms with E-state index in [2.05, 4.69) is 0 Å². The summed E-state index contributed by atoms with van der Waals surface area (Å²) in [5.41, 5.74) is 0.514. The van der Waals surface area contributed by atoms with E-state index in [1.807, 2.05) is 0 Å². The predicted octanol–water partition coefficient (Wildman–Crippen LogP) is -0.0314. The molecule has 2 aliphatic rings. The maximum atomic E-state index is 11.3. The highest BCUT2D eigenvalue weighted by molar-refractivity contribution is 6.00. The molecule has 2 rings (SSSR count).